The largest absolute Gasteiger partial charge is 0.377 e. The fourth-order valence-electron chi connectivity index (χ4n) is 0.475. The van der Waals surface area contributed by atoms with E-state index in [1.165, 1.54) is 16.8 Å². The van der Waals surface area contributed by atoms with Crippen molar-refractivity contribution in [2.24, 2.45) is 0 Å². The van der Waals surface area contributed by atoms with E-state index in [-0.39, 0.29) is 5.82 Å². The maximum absolute atomic E-state index is 10.0. The van der Waals surface area contributed by atoms with E-state index in [0.717, 1.165) is 0 Å². The van der Waals surface area contributed by atoms with E-state index in [2.05, 4.69) is 4.98 Å². The highest BCUT2D eigenvalue weighted by Gasteiger charge is 2.11. The van der Waals surface area contributed by atoms with Crippen molar-refractivity contribution in [1.29, 1.82) is 0 Å². The topological polar surface area (TPSA) is 56.0 Å². The van der Waals surface area contributed by atoms with Gasteiger partial charge < -0.3 is 10.1 Å². The predicted octanol–water partition coefficient (Wildman–Crippen LogP) is 1.36. The zero-order chi connectivity index (χ0) is 6.85. The van der Waals surface area contributed by atoms with Crippen LogP contribution in [-0.2, 0) is 0 Å². The fourth-order valence-corrected chi connectivity index (χ4v) is 1.02. The van der Waals surface area contributed by atoms with Gasteiger partial charge in [0.2, 0.25) is 0 Å². The Morgan fingerprint density at radius 2 is 2.56 bits per heavy atom. The van der Waals surface area contributed by atoms with Gasteiger partial charge in [-0.25, -0.2) is 0 Å². The Morgan fingerprint density at radius 1 is 1.89 bits per heavy atom. The Labute approximate surface area is 55.3 Å². The van der Waals surface area contributed by atoms with Gasteiger partial charge in [0, 0.05) is 0 Å². The molecule has 48 valence electrons. The zero-order valence-corrected chi connectivity index (χ0v) is 5.51. The Bertz CT molecular complexity index is 232. The molecule has 0 saturated heterocycles. The average Bonchev–Trinajstić information content (AvgIpc) is 2.13. The molecule has 0 saturated carbocycles. The number of aromatic nitrogens is 1. The van der Waals surface area contributed by atoms with Crippen LogP contribution in [0.15, 0.2) is 5.51 Å². The minimum absolute atomic E-state index is 0.0278. The molecular formula is C4H4N2O2S. The number of aryl methyl sites for hydroxylation is 1. The summed E-state index contributed by atoms with van der Waals surface area (Å²) in [7, 11) is 0. The van der Waals surface area contributed by atoms with Gasteiger partial charge in [-0.3, -0.25) is 0 Å². The number of thiazole rings is 1. The molecule has 0 atom stereocenters. The first-order valence-electron chi connectivity index (χ1n) is 2.26. The summed E-state index contributed by atoms with van der Waals surface area (Å²) < 4.78 is 0. The SMILES string of the molecule is Cc1scnc1[N+](=O)[O-]. The maximum atomic E-state index is 10.0. The maximum Gasteiger partial charge on any atom is 0.377 e. The summed E-state index contributed by atoms with van der Waals surface area (Å²) in [6, 6.07) is 0. The van der Waals surface area contributed by atoms with Gasteiger partial charge in [0.1, 0.15) is 4.88 Å². The van der Waals surface area contributed by atoms with E-state index in [1.807, 2.05) is 0 Å². The third kappa shape index (κ3) is 1.05. The van der Waals surface area contributed by atoms with Gasteiger partial charge in [-0.05, 0) is 16.8 Å². The summed E-state index contributed by atoms with van der Waals surface area (Å²) in [4.78, 5) is 13.7. The summed E-state index contributed by atoms with van der Waals surface area (Å²) in [5, 5.41) is 10.0. The first kappa shape index (κ1) is 6.15. The van der Waals surface area contributed by atoms with Gasteiger partial charge in [-0.1, -0.05) is 11.3 Å². The molecule has 0 aliphatic rings. The fraction of sp³-hybridized carbons (Fsp3) is 0.250. The number of rotatable bonds is 1. The molecule has 1 aromatic heterocycles. The Balaban J connectivity index is 3.08. The molecule has 4 nitrogen and oxygen atoms in total. The number of hydrogen-bond acceptors (Lipinski definition) is 4. The molecule has 0 unspecified atom stereocenters. The molecule has 1 rings (SSSR count). The number of nitrogens with zero attached hydrogens (tertiary/aromatic N) is 2. The smallest absolute Gasteiger partial charge is 0.358 e. The monoisotopic (exact) mass is 144 g/mol. The van der Waals surface area contributed by atoms with Crippen LogP contribution in [0.1, 0.15) is 4.88 Å². The standard InChI is InChI=1S/C4H4N2O2S/c1-3-4(6(7)8)5-2-9-3/h2H,1H3. The van der Waals surface area contributed by atoms with Gasteiger partial charge in [0.25, 0.3) is 0 Å². The van der Waals surface area contributed by atoms with Crippen molar-refractivity contribution in [3.63, 3.8) is 0 Å². The molecular weight excluding hydrogens is 140 g/mol. The lowest BCUT2D eigenvalue weighted by Crippen LogP contribution is -1.88. The molecule has 9 heavy (non-hydrogen) atoms. The van der Waals surface area contributed by atoms with Crippen molar-refractivity contribution in [2.75, 3.05) is 0 Å². The van der Waals surface area contributed by atoms with Crippen LogP contribution >= 0.6 is 11.3 Å². The Hall–Kier alpha value is -0.970. The van der Waals surface area contributed by atoms with Crippen LogP contribution in [0.25, 0.3) is 0 Å². The quantitative estimate of drug-likeness (QED) is 0.441. The number of hydrogen-bond donors (Lipinski definition) is 0. The molecule has 0 fully saturated rings. The second-order valence-corrected chi connectivity index (χ2v) is 2.55. The van der Waals surface area contributed by atoms with Crippen molar-refractivity contribution in [1.82, 2.24) is 4.98 Å². The van der Waals surface area contributed by atoms with Crippen LogP contribution in [0.5, 0.6) is 0 Å². The first-order valence-corrected chi connectivity index (χ1v) is 3.14. The Morgan fingerprint density at radius 3 is 2.78 bits per heavy atom. The molecule has 0 spiro atoms. The third-order valence-electron chi connectivity index (χ3n) is 0.892. The Kier molecular flexibility index (Phi) is 1.44. The molecule has 0 aromatic carbocycles. The summed E-state index contributed by atoms with van der Waals surface area (Å²) in [6.07, 6.45) is 0. The van der Waals surface area contributed by atoms with Crippen LogP contribution in [-0.4, -0.2) is 9.91 Å². The molecule has 0 amide bonds. The van der Waals surface area contributed by atoms with Crippen molar-refractivity contribution in [3.05, 3.63) is 20.5 Å². The molecule has 0 aliphatic heterocycles. The minimum Gasteiger partial charge on any atom is -0.358 e. The molecule has 0 bridgehead atoms. The second-order valence-electron chi connectivity index (χ2n) is 1.49. The third-order valence-corrected chi connectivity index (χ3v) is 1.64. The predicted molar refractivity (Wildman–Crippen MR) is 33.5 cm³/mol. The van der Waals surface area contributed by atoms with Crippen LogP contribution in [0, 0.1) is 17.0 Å². The summed E-state index contributed by atoms with van der Waals surface area (Å²) >= 11 is 1.28. The highest BCUT2D eigenvalue weighted by Crippen LogP contribution is 2.17. The first-order chi connectivity index (χ1) is 4.22. The van der Waals surface area contributed by atoms with Gasteiger partial charge in [-0.2, -0.15) is 0 Å². The second kappa shape index (κ2) is 2.10. The van der Waals surface area contributed by atoms with E-state index < -0.39 is 4.92 Å². The van der Waals surface area contributed by atoms with Gasteiger partial charge in [0.15, 0.2) is 5.51 Å². The number of nitro groups is 1. The molecule has 1 aromatic rings. The van der Waals surface area contributed by atoms with Crippen LogP contribution in [0.3, 0.4) is 0 Å². The van der Waals surface area contributed by atoms with E-state index in [1.54, 1.807) is 6.92 Å². The normalized spacial score (nSPS) is 9.44. The van der Waals surface area contributed by atoms with Crippen molar-refractivity contribution in [3.8, 4) is 0 Å². The average molecular weight is 144 g/mol. The zero-order valence-electron chi connectivity index (χ0n) is 4.70. The molecule has 5 heteroatoms. The minimum atomic E-state index is -0.480. The van der Waals surface area contributed by atoms with E-state index >= 15 is 0 Å². The highest BCUT2D eigenvalue weighted by molar-refractivity contribution is 7.09. The van der Waals surface area contributed by atoms with Crippen LogP contribution < -0.4 is 0 Å². The van der Waals surface area contributed by atoms with Crippen LogP contribution in [0.2, 0.25) is 0 Å². The lowest BCUT2D eigenvalue weighted by molar-refractivity contribution is -0.389. The van der Waals surface area contributed by atoms with Crippen LogP contribution in [0.4, 0.5) is 5.82 Å². The van der Waals surface area contributed by atoms with Crippen molar-refractivity contribution >= 4 is 17.2 Å². The lowest BCUT2D eigenvalue weighted by atomic mass is 10.6. The molecule has 1 heterocycles. The summed E-state index contributed by atoms with van der Waals surface area (Å²) in [6.45, 7) is 1.68. The van der Waals surface area contributed by atoms with E-state index in [9.17, 15) is 10.1 Å². The van der Waals surface area contributed by atoms with Gasteiger partial charge in [-0.15, -0.1) is 0 Å². The molecule has 0 radical (unpaired) electrons. The van der Waals surface area contributed by atoms with Crippen molar-refractivity contribution in [2.45, 2.75) is 6.92 Å². The van der Waals surface area contributed by atoms with E-state index in [4.69, 9.17) is 0 Å². The molecule has 0 N–H and O–H groups in total. The lowest BCUT2D eigenvalue weighted by Gasteiger charge is -1.85. The summed E-state index contributed by atoms with van der Waals surface area (Å²) in [5.74, 6) is -0.0278. The van der Waals surface area contributed by atoms with Gasteiger partial charge in [0.05, 0.1) is 0 Å². The molecule has 0 aliphatic carbocycles. The highest BCUT2D eigenvalue weighted by atomic mass is 32.1. The van der Waals surface area contributed by atoms with Gasteiger partial charge >= 0.3 is 5.82 Å². The summed E-state index contributed by atoms with van der Waals surface area (Å²) in [5.41, 5.74) is 1.47. The van der Waals surface area contributed by atoms with Crippen molar-refractivity contribution < 1.29 is 4.92 Å². The van der Waals surface area contributed by atoms with E-state index in [0.29, 0.717) is 4.88 Å².